The van der Waals surface area contributed by atoms with E-state index in [-0.39, 0.29) is 6.04 Å². The van der Waals surface area contributed by atoms with E-state index in [9.17, 15) is 0 Å². The van der Waals surface area contributed by atoms with Gasteiger partial charge < -0.3 is 10.5 Å². The summed E-state index contributed by atoms with van der Waals surface area (Å²) in [6, 6.07) is 4.73. The Balaban J connectivity index is 1.92. The summed E-state index contributed by atoms with van der Waals surface area (Å²) in [6.45, 7) is 9.99. The minimum absolute atomic E-state index is 0.0219. The number of benzene rings is 1. The zero-order chi connectivity index (χ0) is 14.3. The van der Waals surface area contributed by atoms with Crippen molar-refractivity contribution >= 4 is 0 Å². The van der Waals surface area contributed by atoms with Crippen molar-refractivity contribution in [2.75, 3.05) is 39.8 Å². The second kappa shape index (κ2) is 5.35. The molecule has 2 unspecified atom stereocenters. The number of ether oxygens (including phenoxy) is 1. The highest BCUT2D eigenvalue weighted by atomic mass is 16.5. The summed E-state index contributed by atoms with van der Waals surface area (Å²) in [4.78, 5) is 5.07. The standard InChI is InChI=1S/C16H25N3O/c1-11-8-12(2)15(14(9-11)20-3)16(17)13-10-18-4-6-19(13)7-5-18/h8-9,13,16H,4-7,10,17H2,1-3H3. The number of piperazine rings is 3. The molecule has 3 fully saturated rings. The summed E-state index contributed by atoms with van der Waals surface area (Å²) < 4.78 is 5.59. The SMILES string of the molecule is COc1cc(C)cc(C)c1C(N)C1CN2CCN1CC2. The van der Waals surface area contributed by atoms with E-state index in [1.165, 1.54) is 29.8 Å². The number of aryl methyl sites for hydroxylation is 2. The molecule has 4 heteroatoms. The summed E-state index contributed by atoms with van der Waals surface area (Å²) in [5, 5.41) is 0. The van der Waals surface area contributed by atoms with Gasteiger partial charge >= 0.3 is 0 Å². The molecule has 0 aromatic heterocycles. The summed E-state index contributed by atoms with van der Waals surface area (Å²) in [7, 11) is 1.74. The Morgan fingerprint density at radius 3 is 2.45 bits per heavy atom. The predicted octanol–water partition coefficient (Wildman–Crippen LogP) is 1.31. The molecule has 110 valence electrons. The van der Waals surface area contributed by atoms with Crippen molar-refractivity contribution in [3.8, 4) is 5.75 Å². The van der Waals surface area contributed by atoms with Crippen molar-refractivity contribution in [3.63, 3.8) is 0 Å². The molecule has 0 radical (unpaired) electrons. The Morgan fingerprint density at radius 1 is 1.20 bits per heavy atom. The molecule has 0 amide bonds. The minimum Gasteiger partial charge on any atom is -0.496 e. The van der Waals surface area contributed by atoms with Gasteiger partial charge in [-0.15, -0.1) is 0 Å². The number of nitrogens with zero attached hydrogens (tertiary/aromatic N) is 2. The van der Waals surface area contributed by atoms with Crippen molar-refractivity contribution in [3.05, 3.63) is 28.8 Å². The molecular formula is C16H25N3O. The normalized spacial score (nSPS) is 30.3. The first kappa shape index (κ1) is 13.9. The first-order chi connectivity index (χ1) is 9.60. The number of hydrogen-bond donors (Lipinski definition) is 1. The lowest BCUT2D eigenvalue weighted by atomic mass is 9.90. The van der Waals surface area contributed by atoms with Crippen LogP contribution in [-0.2, 0) is 0 Å². The van der Waals surface area contributed by atoms with Crippen molar-refractivity contribution < 1.29 is 4.74 Å². The van der Waals surface area contributed by atoms with Crippen LogP contribution < -0.4 is 10.5 Å². The Labute approximate surface area is 121 Å². The lowest BCUT2D eigenvalue weighted by Gasteiger charge is -2.49. The van der Waals surface area contributed by atoms with Crippen LogP contribution in [-0.4, -0.2) is 55.7 Å². The van der Waals surface area contributed by atoms with Crippen LogP contribution in [0.1, 0.15) is 22.7 Å². The highest BCUT2D eigenvalue weighted by Crippen LogP contribution is 2.34. The quantitative estimate of drug-likeness (QED) is 0.903. The molecule has 4 nitrogen and oxygen atoms in total. The van der Waals surface area contributed by atoms with E-state index in [2.05, 4.69) is 35.8 Å². The molecule has 0 spiro atoms. The van der Waals surface area contributed by atoms with Gasteiger partial charge in [0.25, 0.3) is 0 Å². The first-order valence-corrected chi connectivity index (χ1v) is 7.47. The van der Waals surface area contributed by atoms with Gasteiger partial charge in [0.15, 0.2) is 0 Å². The molecule has 2 atom stereocenters. The Morgan fingerprint density at radius 2 is 1.90 bits per heavy atom. The summed E-state index contributed by atoms with van der Waals surface area (Å²) >= 11 is 0. The van der Waals surface area contributed by atoms with Crippen LogP contribution in [0.4, 0.5) is 0 Å². The lowest BCUT2D eigenvalue weighted by Crippen LogP contribution is -2.63. The van der Waals surface area contributed by atoms with Crippen LogP contribution in [0.3, 0.4) is 0 Å². The summed E-state index contributed by atoms with van der Waals surface area (Å²) in [5.74, 6) is 0.938. The van der Waals surface area contributed by atoms with Gasteiger partial charge in [0.2, 0.25) is 0 Å². The van der Waals surface area contributed by atoms with Gasteiger partial charge in [0.05, 0.1) is 13.2 Å². The van der Waals surface area contributed by atoms with Crippen LogP contribution >= 0.6 is 0 Å². The highest BCUT2D eigenvalue weighted by Gasteiger charge is 2.37. The third-order valence-electron chi connectivity index (χ3n) is 4.78. The number of methoxy groups -OCH3 is 1. The van der Waals surface area contributed by atoms with E-state index >= 15 is 0 Å². The predicted molar refractivity (Wildman–Crippen MR) is 81.2 cm³/mol. The smallest absolute Gasteiger partial charge is 0.124 e. The molecule has 4 rings (SSSR count). The Bertz CT molecular complexity index is 495. The van der Waals surface area contributed by atoms with Crippen molar-refractivity contribution in [1.29, 1.82) is 0 Å². The van der Waals surface area contributed by atoms with E-state index < -0.39 is 0 Å². The van der Waals surface area contributed by atoms with E-state index in [0.717, 1.165) is 25.4 Å². The van der Waals surface area contributed by atoms with E-state index in [1.807, 2.05) is 0 Å². The van der Waals surface area contributed by atoms with E-state index in [1.54, 1.807) is 7.11 Å². The molecule has 3 heterocycles. The Hall–Kier alpha value is -1.10. The Kier molecular flexibility index (Phi) is 3.71. The summed E-state index contributed by atoms with van der Waals surface area (Å²) in [5.41, 5.74) is 10.3. The molecule has 3 saturated heterocycles. The first-order valence-electron chi connectivity index (χ1n) is 7.47. The average Bonchev–Trinajstić information content (AvgIpc) is 2.47. The highest BCUT2D eigenvalue weighted by molar-refractivity contribution is 5.45. The molecular weight excluding hydrogens is 250 g/mol. The van der Waals surface area contributed by atoms with Crippen LogP contribution in [0.25, 0.3) is 0 Å². The van der Waals surface area contributed by atoms with Gasteiger partial charge in [-0.25, -0.2) is 0 Å². The zero-order valence-electron chi connectivity index (χ0n) is 12.7. The molecule has 2 N–H and O–H groups in total. The number of nitrogens with two attached hydrogens (primary N) is 1. The molecule has 20 heavy (non-hydrogen) atoms. The fourth-order valence-electron chi connectivity index (χ4n) is 3.73. The number of fused-ring (bicyclic) bond motifs is 3. The average molecular weight is 275 g/mol. The zero-order valence-corrected chi connectivity index (χ0v) is 12.7. The van der Waals surface area contributed by atoms with Crippen LogP contribution in [0.5, 0.6) is 5.75 Å². The lowest BCUT2D eigenvalue weighted by molar-refractivity contribution is 0.00179. The van der Waals surface area contributed by atoms with E-state index in [4.69, 9.17) is 10.5 Å². The van der Waals surface area contributed by atoms with Gasteiger partial charge in [0.1, 0.15) is 5.75 Å². The maximum atomic E-state index is 6.64. The number of hydrogen-bond acceptors (Lipinski definition) is 4. The maximum absolute atomic E-state index is 6.64. The summed E-state index contributed by atoms with van der Waals surface area (Å²) in [6.07, 6.45) is 0. The third kappa shape index (κ3) is 2.32. The van der Waals surface area contributed by atoms with Gasteiger partial charge in [0, 0.05) is 44.3 Å². The fraction of sp³-hybridized carbons (Fsp3) is 0.625. The van der Waals surface area contributed by atoms with Crippen LogP contribution in [0, 0.1) is 13.8 Å². The van der Waals surface area contributed by atoms with Crippen LogP contribution in [0.2, 0.25) is 0 Å². The number of rotatable bonds is 3. The molecule has 3 aliphatic rings. The van der Waals surface area contributed by atoms with Crippen LogP contribution in [0.15, 0.2) is 12.1 Å². The van der Waals surface area contributed by atoms with Gasteiger partial charge in [-0.3, -0.25) is 9.80 Å². The largest absolute Gasteiger partial charge is 0.496 e. The maximum Gasteiger partial charge on any atom is 0.124 e. The van der Waals surface area contributed by atoms with Gasteiger partial charge in [-0.2, -0.15) is 0 Å². The van der Waals surface area contributed by atoms with Gasteiger partial charge in [-0.1, -0.05) is 6.07 Å². The molecule has 3 aliphatic heterocycles. The third-order valence-corrected chi connectivity index (χ3v) is 4.78. The minimum atomic E-state index is 0.0219. The molecule has 1 aromatic rings. The van der Waals surface area contributed by atoms with E-state index in [0.29, 0.717) is 6.04 Å². The van der Waals surface area contributed by atoms with Gasteiger partial charge in [-0.05, 0) is 31.0 Å². The van der Waals surface area contributed by atoms with Crippen molar-refractivity contribution in [2.24, 2.45) is 5.73 Å². The topological polar surface area (TPSA) is 41.7 Å². The molecule has 1 aromatic carbocycles. The molecule has 2 bridgehead atoms. The molecule has 0 saturated carbocycles. The van der Waals surface area contributed by atoms with Crippen molar-refractivity contribution in [1.82, 2.24) is 9.80 Å². The monoisotopic (exact) mass is 275 g/mol. The second-order valence-electron chi connectivity index (χ2n) is 6.13. The molecule has 0 aliphatic carbocycles. The van der Waals surface area contributed by atoms with Crippen molar-refractivity contribution in [2.45, 2.75) is 25.9 Å². The fourth-order valence-corrected chi connectivity index (χ4v) is 3.73. The second-order valence-corrected chi connectivity index (χ2v) is 6.13.